The monoisotopic (exact) mass is 232 g/mol. The Labute approximate surface area is 98.2 Å². The van der Waals surface area contributed by atoms with E-state index in [0.717, 1.165) is 5.56 Å². The first kappa shape index (κ1) is 10.9. The molecule has 0 amide bonds. The van der Waals surface area contributed by atoms with Crippen molar-refractivity contribution < 1.29 is 9.53 Å². The van der Waals surface area contributed by atoms with Gasteiger partial charge in [0, 0.05) is 10.8 Å². The largest absolute Gasteiger partial charge is 0.463 e. The molecule has 0 bridgehead atoms. The van der Waals surface area contributed by atoms with Crippen molar-refractivity contribution in [3.05, 3.63) is 41.3 Å². The van der Waals surface area contributed by atoms with Crippen LogP contribution in [0.25, 0.3) is 16.2 Å². The molecule has 0 N–H and O–H groups in total. The number of benzene rings is 1. The molecule has 3 heteroatoms. The van der Waals surface area contributed by atoms with Crippen molar-refractivity contribution >= 4 is 33.5 Å². The van der Waals surface area contributed by atoms with Gasteiger partial charge in [-0.2, -0.15) is 0 Å². The summed E-state index contributed by atoms with van der Waals surface area (Å²) in [7, 11) is 0. The fourth-order valence-corrected chi connectivity index (χ4v) is 2.39. The van der Waals surface area contributed by atoms with Gasteiger partial charge in [0.05, 0.1) is 6.61 Å². The number of hydrogen-bond acceptors (Lipinski definition) is 3. The molecule has 2 rings (SSSR count). The summed E-state index contributed by atoms with van der Waals surface area (Å²) in [4.78, 5) is 11.2. The van der Waals surface area contributed by atoms with Crippen LogP contribution in [-0.2, 0) is 9.53 Å². The molecule has 2 nitrogen and oxygen atoms in total. The Hall–Kier alpha value is -1.61. The van der Waals surface area contributed by atoms with E-state index >= 15 is 0 Å². The van der Waals surface area contributed by atoms with Gasteiger partial charge in [0.25, 0.3) is 0 Å². The molecule has 0 unspecified atom stereocenters. The predicted molar refractivity (Wildman–Crippen MR) is 67.5 cm³/mol. The normalized spacial score (nSPS) is 11.1. The van der Waals surface area contributed by atoms with E-state index in [1.165, 1.54) is 16.2 Å². The quantitative estimate of drug-likeness (QED) is 0.598. The van der Waals surface area contributed by atoms with Crippen LogP contribution in [0, 0.1) is 0 Å². The van der Waals surface area contributed by atoms with E-state index in [4.69, 9.17) is 4.74 Å². The first-order valence-electron chi connectivity index (χ1n) is 5.12. The maximum atomic E-state index is 11.2. The lowest BCUT2D eigenvalue weighted by Gasteiger charge is -1.97. The second-order valence-corrected chi connectivity index (χ2v) is 4.19. The van der Waals surface area contributed by atoms with Gasteiger partial charge in [-0.1, -0.05) is 18.2 Å². The molecule has 0 aliphatic rings. The van der Waals surface area contributed by atoms with Crippen LogP contribution >= 0.6 is 11.3 Å². The molecule has 0 spiro atoms. The molecule has 2 aromatic rings. The second-order valence-electron chi connectivity index (χ2n) is 3.27. The Morgan fingerprint density at radius 3 is 3.12 bits per heavy atom. The maximum absolute atomic E-state index is 11.2. The predicted octanol–water partition coefficient (Wildman–Crippen LogP) is 3.48. The van der Waals surface area contributed by atoms with Crippen LogP contribution in [0.15, 0.2) is 35.7 Å². The van der Waals surface area contributed by atoms with Gasteiger partial charge in [0.1, 0.15) is 0 Å². The van der Waals surface area contributed by atoms with E-state index in [0.29, 0.717) is 6.61 Å². The van der Waals surface area contributed by atoms with Gasteiger partial charge in [-0.3, -0.25) is 0 Å². The molecular formula is C13H12O2S. The summed E-state index contributed by atoms with van der Waals surface area (Å²) in [6, 6.07) is 8.11. The molecule has 0 saturated carbocycles. The minimum Gasteiger partial charge on any atom is -0.463 e. The number of rotatable bonds is 3. The van der Waals surface area contributed by atoms with Crippen molar-refractivity contribution in [3.63, 3.8) is 0 Å². The lowest BCUT2D eigenvalue weighted by molar-refractivity contribution is -0.137. The Morgan fingerprint density at radius 2 is 2.31 bits per heavy atom. The van der Waals surface area contributed by atoms with Crippen molar-refractivity contribution in [1.29, 1.82) is 0 Å². The van der Waals surface area contributed by atoms with E-state index in [1.54, 1.807) is 24.3 Å². The average Bonchev–Trinajstić information content (AvgIpc) is 2.75. The summed E-state index contributed by atoms with van der Waals surface area (Å²) in [6.07, 6.45) is 3.27. The van der Waals surface area contributed by atoms with Gasteiger partial charge in [-0.15, -0.1) is 11.3 Å². The van der Waals surface area contributed by atoms with Crippen LogP contribution < -0.4 is 0 Å². The summed E-state index contributed by atoms with van der Waals surface area (Å²) in [5.41, 5.74) is 1.06. The zero-order valence-corrected chi connectivity index (χ0v) is 9.79. The number of carbonyl (C=O) groups is 1. The van der Waals surface area contributed by atoms with E-state index in [-0.39, 0.29) is 5.97 Å². The molecule has 1 heterocycles. The SMILES string of the molecule is CCOC(=O)C=Cc1cccc2ccsc12. The van der Waals surface area contributed by atoms with Crippen LogP contribution in [0.3, 0.4) is 0 Å². The highest BCUT2D eigenvalue weighted by Crippen LogP contribution is 2.25. The lowest BCUT2D eigenvalue weighted by Crippen LogP contribution is -1.98. The molecule has 1 aromatic heterocycles. The molecule has 82 valence electrons. The minimum atomic E-state index is -0.295. The molecular weight excluding hydrogens is 220 g/mol. The minimum absolute atomic E-state index is 0.295. The third kappa shape index (κ3) is 2.31. The maximum Gasteiger partial charge on any atom is 0.330 e. The third-order valence-electron chi connectivity index (χ3n) is 2.20. The lowest BCUT2D eigenvalue weighted by atomic mass is 10.1. The number of fused-ring (bicyclic) bond motifs is 1. The fourth-order valence-electron chi connectivity index (χ4n) is 1.50. The van der Waals surface area contributed by atoms with E-state index in [2.05, 4.69) is 12.1 Å². The van der Waals surface area contributed by atoms with Crippen LogP contribution in [0.2, 0.25) is 0 Å². The Morgan fingerprint density at radius 1 is 1.44 bits per heavy atom. The van der Waals surface area contributed by atoms with Crippen molar-refractivity contribution in [3.8, 4) is 0 Å². The zero-order chi connectivity index (χ0) is 11.4. The molecule has 0 aliphatic carbocycles. The summed E-state index contributed by atoms with van der Waals surface area (Å²) in [6.45, 7) is 2.21. The van der Waals surface area contributed by atoms with Gasteiger partial charge in [-0.25, -0.2) is 4.79 Å². The van der Waals surface area contributed by atoms with E-state index < -0.39 is 0 Å². The van der Waals surface area contributed by atoms with Gasteiger partial charge >= 0.3 is 5.97 Å². The van der Waals surface area contributed by atoms with Crippen LogP contribution in [-0.4, -0.2) is 12.6 Å². The molecule has 0 fully saturated rings. The first-order valence-corrected chi connectivity index (χ1v) is 6.00. The Bertz CT molecular complexity index is 525. The van der Waals surface area contributed by atoms with Crippen molar-refractivity contribution in [2.24, 2.45) is 0 Å². The molecule has 16 heavy (non-hydrogen) atoms. The molecule has 0 saturated heterocycles. The zero-order valence-electron chi connectivity index (χ0n) is 8.97. The third-order valence-corrected chi connectivity index (χ3v) is 3.17. The summed E-state index contributed by atoms with van der Waals surface area (Å²) < 4.78 is 6.03. The highest BCUT2D eigenvalue weighted by molar-refractivity contribution is 7.17. The number of thiophene rings is 1. The average molecular weight is 232 g/mol. The molecule has 0 atom stereocenters. The van der Waals surface area contributed by atoms with Crippen LogP contribution in [0.1, 0.15) is 12.5 Å². The number of hydrogen-bond donors (Lipinski definition) is 0. The van der Waals surface area contributed by atoms with Gasteiger partial charge in [0.2, 0.25) is 0 Å². The smallest absolute Gasteiger partial charge is 0.330 e. The van der Waals surface area contributed by atoms with Gasteiger partial charge in [-0.05, 0) is 35.4 Å². The number of ether oxygens (including phenoxy) is 1. The van der Waals surface area contributed by atoms with Crippen molar-refractivity contribution in [1.82, 2.24) is 0 Å². The topological polar surface area (TPSA) is 26.3 Å². The van der Waals surface area contributed by atoms with E-state index in [9.17, 15) is 4.79 Å². The van der Waals surface area contributed by atoms with Crippen LogP contribution in [0.5, 0.6) is 0 Å². The second kappa shape index (κ2) is 4.94. The number of esters is 1. The summed E-state index contributed by atoms with van der Waals surface area (Å²) in [5, 5.41) is 3.25. The van der Waals surface area contributed by atoms with Crippen molar-refractivity contribution in [2.45, 2.75) is 6.92 Å². The Balaban J connectivity index is 2.27. The van der Waals surface area contributed by atoms with Gasteiger partial charge in [0.15, 0.2) is 0 Å². The Kier molecular flexibility index (Phi) is 3.37. The highest BCUT2D eigenvalue weighted by Gasteiger charge is 2.00. The molecule has 1 aromatic carbocycles. The number of carbonyl (C=O) groups excluding carboxylic acids is 1. The standard InChI is InChI=1S/C13H12O2S/c1-2-15-12(14)7-6-10-4-3-5-11-8-9-16-13(10)11/h3-9H,2H2,1H3. The highest BCUT2D eigenvalue weighted by atomic mass is 32.1. The molecule has 0 radical (unpaired) electrons. The fraction of sp³-hybridized carbons (Fsp3) is 0.154. The summed E-state index contributed by atoms with van der Waals surface area (Å²) >= 11 is 1.68. The van der Waals surface area contributed by atoms with Crippen LogP contribution in [0.4, 0.5) is 0 Å². The van der Waals surface area contributed by atoms with E-state index in [1.807, 2.05) is 17.5 Å². The summed E-state index contributed by atoms with van der Waals surface area (Å²) in [5.74, 6) is -0.295. The first-order chi connectivity index (χ1) is 7.81. The van der Waals surface area contributed by atoms with Gasteiger partial charge < -0.3 is 4.74 Å². The molecule has 0 aliphatic heterocycles. The van der Waals surface area contributed by atoms with Crippen molar-refractivity contribution in [2.75, 3.05) is 6.61 Å².